The van der Waals surface area contributed by atoms with Gasteiger partial charge in [0.05, 0.1) is 17.4 Å². The highest BCUT2D eigenvalue weighted by atomic mass is 35.5. The van der Waals surface area contributed by atoms with Crippen molar-refractivity contribution in [3.63, 3.8) is 0 Å². The standard InChI is InChI=1S/C17H13ClN4O/c1-10-5-6-19-8-15(10)22-14-7-11(18)3-4-12(14)13-9-21(2)20-16(13)17(22)23/h3-9H,1-2H3. The van der Waals surface area contributed by atoms with Crippen LogP contribution in [0.1, 0.15) is 5.56 Å². The Bertz CT molecular complexity index is 1130. The third-order valence-electron chi connectivity index (χ3n) is 3.98. The van der Waals surface area contributed by atoms with Crippen LogP contribution in [-0.2, 0) is 7.05 Å². The summed E-state index contributed by atoms with van der Waals surface area (Å²) in [5.74, 6) is 0. The van der Waals surface area contributed by atoms with Gasteiger partial charge in [0.15, 0.2) is 5.52 Å². The Morgan fingerprint density at radius 1 is 1.17 bits per heavy atom. The van der Waals surface area contributed by atoms with Gasteiger partial charge in [0, 0.05) is 35.2 Å². The number of aromatic nitrogens is 4. The second kappa shape index (κ2) is 4.93. The van der Waals surface area contributed by atoms with Gasteiger partial charge in [-0.3, -0.25) is 19.0 Å². The normalized spacial score (nSPS) is 11.4. The second-order valence-corrected chi connectivity index (χ2v) is 5.97. The van der Waals surface area contributed by atoms with E-state index in [2.05, 4.69) is 10.1 Å². The van der Waals surface area contributed by atoms with E-state index in [1.165, 1.54) is 0 Å². The molecule has 0 spiro atoms. The lowest BCUT2D eigenvalue weighted by Gasteiger charge is -2.13. The third-order valence-corrected chi connectivity index (χ3v) is 4.21. The highest BCUT2D eigenvalue weighted by Crippen LogP contribution is 2.27. The molecule has 0 N–H and O–H groups in total. The van der Waals surface area contributed by atoms with E-state index in [1.54, 1.807) is 34.8 Å². The lowest BCUT2D eigenvalue weighted by atomic mass is 10.1. The number of hydrogen-bond donors (Lipinski definition) is 0. The Hall–Kier alpha value is -2.66. The van der Waals surface area contributed by atoms with Gasteiger partial charge in [-0.05, 0) is 30.7 Å². The molecule has 1 aromatic carbocycles. The molecule has 0 fully saturated rings. The first-order valence-electron chi connectivity index (χ1n) is 7.15. The van der Waals surface area contributed by atoms with Crippen LogP contribution >= 0.6 is 11.6 Å². The molecule has 0 saturated heterocycles. The summed E-state index contributed by atoms with van der Waals surface area (Å²) in [6.45, 7) is 1.95. The van der Waals surface area contributed by atoms with Crippen molar-refractivity contribution in [2.45, 2.75) is 6.92 Å². The molecule has 0 aliphatic heterocycles. The zero-order valence-corrected chi connectivity index (χ0v) is 13.4. The van der Waals surface area contributed by atoms with Gasteiger partial charge in [0.2, 0.25) is 0 Å². The molecule has 0 bridgehead atoms. The zero-order valence-electron chi connectivity index (χ0n) is 12.6. The van der Waals surface area contributed by atoms with Gasteiger partial charge < -0.3 is 0 Å². The second-order valence-electron chi connectivity index (χ2n) is 5.53. The van der Waals surface area contributed by atoms with Crippen molar-refractivity contribution in [1.29, 1.82) is 0 Å². The number of aryl methyl sites for hydroxylation is 2. The fraction of sp³-hybridized carbons (Fsp3) is 0.118. The molecule has 0 aliphatic carbocycles. The minimum Gasteiger partial charge on any atom is -0.274 e. The monoisotopic (exact) mass is 324 g/mol. The maximum absolute atomic E-state index is 13.0. The molecule has 5 nitrogen and oxygen atoms in total. The molecule has 23 heavy (non-hydrogen) atoms. The Kier molecular flexibility index (Phi) is 2.99. The Morgan fingerprint density at radius 2 is 2.00 bits per heavy atom. The molecule has 3 heterocycles. The number of nitrogens with zero attached hydrogens (tertiary/aromatic N) is 4. The molecule has 0 saturated carbocycles. The van der Waals surface area contributed by atoms with Gasteiger partial charge in [-0.2, -0.15) is 5.10 Å². The maximum Gasteiger partial charge on any atom is 0.284 e. The molecular formula is C17H13ClN4O. The maximum atomic E-state index is 13.0. The van der Waals surface area contributed by atoms with Gasteiger partial charge in [0.25, 0.3) is 5.56 Å². The first-order valence-corrected chi connectivity index (χ1v) is 7.52. The van der Waals surface area contributed by atoms with Crippen LogP contribution in [0.25, 0.3) is 27.5 Å². The topological polar surface area (TPSA) is 52.7 Å². The van der Waals surface area contributed by atoms with Crippen LogP contribution in [0.4, 0.5) is 0 Å². The van der Waals surface area contributed by atoms with E-state index in [4.69, 9.17) is 11.6 Å². The largest absolute Gasteiger partial charge is 0.284 e. The summed E-state index contributed by atoms with van der Waals surface area (Å²) >= 11 is 6.17. The molecule has 0 atom stereocenters. The van der Waals surface area contributed by atoms with Crippen LogP contribution < -0.4 is 5.56 Å². The van der Waals surface area contributed by atoms with Gasteiger partial charge in [-0.15, -0.1) is 0 Å². The van der Waals surface area contributed by atoms with Crippen molar-refractivity contribution in [2.75, 3.05) is 0 Å². The minimum atomic E-state index is -0.175. The van der Waals surface area contributed by atoms with Crippen molar-refractivity contribution in [3.8, 4) is 5.69 Å². The molecular weight excluding hydrogens is 312 g/mol. The molecule has 4 rings (SSSR count). The molecule has 0 amide bonds. The predicted octanol–water partition coefficient (Wildman–Crippen LogP) is 3.23. The molecule has 114 valence electrons. The van der Waals surface area contributed by atoms with Crippen LogP contribution in [0.3, 0.4) is 0 Å². The first kappa shape index (κ1) is 14.0. The van der Waals surface area contributed by atoms with Crippen LogP contribution in [0.15, 0.2) is 47.7 Å². The van der Waals surface area contributed by atoms with E-state index in [1.807, 2.05) is 31.3 Å². The number of pyridine rings is 2. The van der Waals surface area contributed by atoms with Crippen LogP contribution in [0.2, 0.25) is 5.02 Å². The van der Waals surface area contributed by atoms with E-state index in [9.17, 15) is 4.79 Å². The average Bonchev–Trinajstić information content (AvgIpc) is 2.91. The van der Waals surface area contributed by atoms with Gasteiger partial charge >= 0.3 is 0 Å². The summed E-state index contributed by atoms with van der Waals surface area (Å²) in [5, 5.41) is 6.66. The van der Waals surface area contributed by atoms with E-state index in [0.29, 0.717) is 10.5 Å². The van der Waals surface area contributed by atoms with E-state index in [0.717, 1.165) is 27.5 Å². The fourth-order valence-corrected chi connectivity index (χ4v) is 3.07. The van der Waals surface area contributed by atoms with E-state index < -0.39 is 0 Å². The molecule has 3 aromatic heterocycles. The van der Waals surface area contributed by atoms with Gasteiger partial charge in [-0.1, -0.05) is 17.7 Å². The number of fused-ring (bicyclic) bond motifs is 3. The first-order chi connectivity index (χ1) is 11.1. The third kappa shape index (κ3) is 2.04. The zero-order chi connectivity index (χ0) is 16.1. The minimum absolute atomic E-state index is 0.175. The smallest absolute Gasteiger partial charge is 0.274 e. The molecule has 0 radical (unpaired) electrons. The van der Waals surface area contributed by atoms with E-state index >= 15 is 0 Å². The van der Waals surface area contributed by atoms with Crippen molar-refractivity contribution in [3.05, 3.63) is 63.8 Å². The number of rotatable bonds is 1. The Labute approximate surface area is 136 Å². The molecule has 6 heteroatoms. The number of hydrogen-bond acceptors (Lipinski definition) is 3. The number of benzene rings is 1. The van der Waals surface area contributed by atoms with E-state index in [-0.39, 0.29) is 5.56 Å². The fourth-order valence-electron chi connectivity index (χ4n) is 2.91. The lowest BCUT2D eigenvalue weighted by molar-refractivity contribution is 0.777. The van der Waals surface area contributed by atoms with Crippen LogP contribution in [-0.4, -0.2) is 19.3 Å². The highest BCUT2D eigenvalue weighted by Gasteiger charge is 2.16. The van der Waals surface area contributed by atoms with Gasteiger partial charge in [-0.25, -0.2) is 0 Å². The van der Waals surface area contributed by atoms with Crippen molar-refractivity contribution in [2.24, 2.45) is 7.05 Å². The summed E-state index contributed by atoms with van der Waals surface area (Å²) in [4.78, 5) is 17.2. The summed E-state index contributed by atoms with van der Waals surface area (Å²) in [5.41, 5.74) is 2.70. The van der Waals surface area contributed by atoms with Gasteiger partial charge in [0.1, 0.15) is 0 Å². The van der Waals surface area contributed by atoms with Crippen molar-refractivity contribution in [1.82, 2.24) is 19.3 Å². The summed E-state index contributed by atoms with van der Waals surface area (Å²) < 4.78 is 3.29. The van der Waals surface area contributed by atoms with Crippen LogP contribution in [0.5, 0.6) is 0 Å². The van der Waals surface area contributed by atoms with Crippen LogP contribution in [0, 0.1) is 6.92 Å². The summed E-state index contributed by atoms with van der Waals surface area (Å²) in [6.07, 6.45) is 5.25. The quantitative estimate of drug-likeness (QED) is 0.540. The molecule has 0 unspecified atom stereocenters. The van der Waals surface area contributed by atoms with Crippen molar-refractivity contribution >= 4 is 33.4 Å². The summed E-state index contributed by atoms with van der Waals surface area (Å²) in [7, 11) is 1.81. The summed E-state index contributed by atoms with van der Waals surface area (Å²) in [6, 6.07) is 7.42. The Morgan fingerprint density at radius 3 is 2.78 bits per heavy atom. The highest BCUT2D eigenvalue weighted by molar-refractivity contribution is 6.31. The molecule has 0 aliphatic rings. The average molecular weight is 325 g/mol. The van der Waals surface area contributed by atoms with Crippen molar-refractivity contribution < 1.29 is 0 Å². The Balaban J connectivity index is 2.29. The SMILES string of the molecule is Cc1ccncc1-n1c(=O)c2nn(C)cc2c2ccc(Cl)cc21. The number of halogens is 1. The predicted molar refractivity (Wildman–Crippen MR) is 91.4 cm³/mol. The lowest BCUT2D eigenvalue weighted by Crippen LogP contribution is -2.20. The molecule has 4 aromatic rings.